The first-order chi connectivity index (χ1) is 10.8. The van der Waals surface area contributed by atoms with E-state index in [9.17, 15) is 4.79 Å². The van der Waals surface area contributed by atoms with Crippen LogP contribution in [0.1, 0.15) is 24.8 Å². The van der Waals surface area contributed by atoms with Gasteiger partial charge < -0.3 is 4.98 Å². The number of amides is 1. The predicted octanol–water partition coefficient (Wildman–Crippen LogP) is 3.62. The average molecular weight is 291 g/mol. The highest BCUT2D eigenvalue weighted by Crippen LogP contribution is 2.44. The second kappa shape index (κ2) is 4.98. The van der Waals surface area contributed by atoms with E-state index in [0.717, 1.165) is 35.9 Å². The van der Waals surface area contributed by atoms with Crippen LogP contribution in [-0.2, 0) is 10.2 Å². The maximum Gasteiger partial charge on any atom is 0.237 e. The van der Waals surface area contributed by atoms with Crippen molar-refractivity contribution in [2.45, 2.75) is 24.7 Å². The van der Waals surface area contributed by atoms with Crippen molar-refractivity contribution < 1.29 is 4.79 Å². The van der Waals surface area contributed by atoms with Crippen molar-refractivity contribution in [3.63, 3.8) is 0 Å². The summed E-state index contributed by atoms with van der Waals surface area (Å²) in [6.45, 7) is 0. The summed E-state index contributed by atoms with van der Waals surface area (Å²) in [5, 5.41) is 2.97. The lowest BCUT2D eigenvalue weighted by Crippen LogP contribution is -2.46. The quantitative estimate of drug-likeness (QED) is 0.774. The number of hydrogen-bond acceptors (Lipinski definition) is 2. The number of nitrogens with one attached hydrogen (secondary N) is 2. The number of carbonyl (C=O) groups is 1. The summed E-state index contributed by atoms with van der Waals surface area (Å²) in [6, 6.07) is 17.8. The summed E-state index contributed by atoms with van der Waals surface area (Å²) in [7, 11) is 0. The highest BCUT2D eigenvalue weighted by atomic mass is 16.2. The van der Waals surface area contributed by atoms with Gasteiger partial charge in [-0.1, -0.05) is 48.9 Å². The molecule has 0 saturated heterocycles. The van der Waals surface area contributed by atoms with E-state index in [-0.39, 0.29) is 5.91 Å². The Labute approximate surface area is 128 Å². The fraction of sp³-hybridized carbons (Fsp3) is 0.222. The smallest absolute Gasteiger partial charge is 0.237 e. The highest BCUT2D eigenvalue weighted by Gasteiger charge is 2.45. The fourth-order valence-electron chi connectivity index (χ4n) is 3.17. The number of rotatable bonds is 3. The van der Waals surface area contributed by atoms with Crippen LogP contribution in [0.4, 0.5) is 5.95 Å². The Morgan fingerprint density at radius 1 is 1.05 bits per heavy atom. The van der Waals surface area contributed by atoms with Crippen molar-refractivity contribution in [2.24, 2.45) is 0 Å². The molecule has 4 rings (SSSR count). The lowest BCUT2D eigenvalue weighted by molar-refractivity contribution is -0.124. The molecule has 4 heteroatoms. The van der Waals surface area contributed by atoms with Crippen LogP contribution in [0.15, 0.2) is 54.6 Å². The van der Waals surface area contributed by atoms with Gasteiger partial charge in [-0.2, -0.15) is 0 Å². The molecule has 1 saturated carbocycles. The number of fused-ring (bicyclic) bond motifs is 1. The summed E-state index contributed by atoms with van der Waals surface area (Å²) >= 11 is 0. The summed E-state index contributed by atoms with van der Waals surface area (Å²) < 4.78 is 0. The molecule has 1 heterocycles. The van der Waals surface area contributed by atoms with Crippen LogP contribution in [0.25, 0.3) is 11.0 Å². The first-order valence-corrected chi connectivity index (χ1v) is 7.60. The van der Waals surface area contributed by atoms with Crippen molar-refractivity contribution in [3.8, 4) is 0 Å². The number of benzene rings is 2. The van der Waals surface area contributed by atoms with Crippen LogP contribution >= 0.6 is 0 Å². The second-order valence-corrected chi connectivity index (χ2v) is 5.86. The molecule has 1 aliphatic rings. The Balaban J connectivity index is 1.63. The van der Waals surface area contributed by atoms with Crippen LogP contribution < -0.4 is 5.32 Å². The summed E-state index contributed by atoms with van der Waals surface area (Å²) in [5.74, 6) is 0.553. The van der Waals surface area contributed by atoms with E-state index >= 15 is 0 Å². The number of aromatic amines is 1. The molecule has 1 amide bonds. The SMILES string of the molecule is O=C(Nc1nc2ccccc2[nH]1)C1(c2ccccc2)CCC1. The van der Waals surface area contributed by atoms with Gasteiger partial charge in [0.2, 0.25) is 11.9 Å². The van der Waals surface area contributed by atoms with Crippen molar-refractivity contribution in [2.75, 3.05) is 5.32 Å². The van der Waals surface area contributed by atoms with Gasteiger partial charge in [-0.05, 0) is 30.5 Å². The van der Waals surface area contributed by atoms with E-state index in [4.69, 9.17) is 0 Å². The van der Waals surface area contributed by atoms with Crippen LogP contribution in [-0.4, -0.2) is 15.9 Å². The number of imidazole rings is 1. The molecule has 1 aromatic heterocycles. The van der Waals surface area contributed by atoms with Crippen LogP contribution in [0.5, 0.6) is 0 Å². The molecular formula is C18H17N3O. The molecular weight excluding hydrogens is 274 g/mol. The zero-order valence-electron chi connectivity index (χ0n) is 12.2. The van der Waals surface area contributed by atoms with Crippen molar-refractivity contribution in [3.05, 3.63) is 60.2 Å². The third-order valence-electron chi connectivity index (χ3n) is 4.59. The lowest BCUT2D eigenvalue weighted by atomic mass is 9.64. The summed E-state index contributed by atoms with van der Waals surface area (Å²) in [6.07, 6.45) is 2.87. The molecule has 0 aliphatic heterocycles. The van der Waals surface area contributed by atoms with Gasteiger partial charge >= 0.3 is 0 Å². The largest absolute Gasteiger partial charge is 0.324 e. The molecule has 0 radical (unpaired) electrons. The van der Waals surface area contributed by atoms with Gasteiger partial charge in [0.1, 0.15) is 0 Å². The maximum absolute atomic E-state index is 12.8. The minimum atomic E-state index is -0.403. The Morgan fingerprint density at radius 3 is 2.45 bits per heavy atom. The third-order valence-corrected chi connectivity index (χ3v) is 4.59. The van der Waals surface area contributed by atoms with E-state index in [1.54, 1.807) is 0 Å². The number of carbonyl (C=O) groups excluding carboxylic acids is 1. The van der Waals surface area contributed by atoms with Gasteiger partial charge in [-0.15, -0.1) is 0 Å². The van der Waals surface area contributed by atoms with Crippen LogP contribution in [0.2, 0.25) is 0 Å². The normalized spacial score (nSPS) is 16.2. The zero-order chi connectivity index (χ0) is 15.0. The molecule has 0 atom stereocenters. The number of para-hydroxylation sites is 2. The number of aromatic nitrogens is 2. The van der Waals surface area contributed by atoms with Crippen molar-refractivity contribution >= 4 is 22.9 Å². The predicted molar refractivity (Wildman–Crippen MR) is 86.7 cm³/mol. The molecule has 22 heavy (non-hydrogen) atoms. The summed E-state index contributed by atoms with van der Waals surface area (Å²) in [4.78, 5) is 20.4. The summed E-state index contributed by atoms with van der Waals surface area (Å²) in [5.41, 5.74) is 2.48. The van der Waals surface area contributed by atoms with E-state index < -0.39 is 5.41 Å². The molecule has 4 nitrogen and oxygen atoms in total. The van der Waals surface area contributed by atoms with E-state index in [2.05, 4.69) is 15.3 Å². The van der Waals surface area contributed by atoms with E-state index in [1.807, 2.05) is 54.6 Å². The van der Waals surface area contributed by atoms with E-state index in [0.29, 0.717) is 5.95 Å². The molecule has 1 aliphatic carbocycles. The lowest BCUT2D eigenvalue weighted by Gasteiger charge is -2.40. The van der Waals surface area contributed by atoms with Gasteiger partial charge in [0.05, 0.1) is 16.4 Å². The maximum atomic E-state index is 12.8. The highest BCUT2D eigenvalue weighted by molar-refractivity contribution is 5.99. The minimum Gasteiger partial charge on any atom is -0.324 e. The molecule has 0 bridgehead atoms. The zero-order valence-corrected chi connectivity index (χ0v) is 12.2. The fourth-order valence-corrected chi connectivity index (χ4v) is 3.17. The van der Waals surface area contributed by atoms with Crippen LogP contribution in [0, 0.1) is 0 Å². The monoisotopic (exact) mass is 291 g/mol. The Hall–Kier alpha value is -2.62. The van der Waals surface area contributed by atoms with Gasteiger partial charge in [-0.25, -0.2) is 4.98 Å². The molecule has 110 valence electrons. The van der Waals surface area contributed by atoms with Gasteiger partial charge in [-0.3, -0.25) is 10.1 Å². The molecule has 0 spiro atoms. The number of hydrogen-bond donors (Lipinski definition) is 2. The molecule has 1 fully saturated rings. The van der Waals surface area contributed by atoms with Gasteiger partial charge in [0.15, 0.2) is 0 Å². The molecule has 0 unspecified atom stereocenters. The third kappa shape index (κ3) is 1.99. The molecule has 2 aromatic carbocycles. The van der Waals surface area contributed by atoms with E-state index in [1.165, 1.54) is 0 Å². The molecule has 2 N–H and O–H groups in total. The number of H-pyrrole nitrogens is 1. The first-order valence-electron chi connectivity index (χ1n) is 7.60. The number of nitrogens with zero attached hydrogens (tertiary/aromatic N) is 1. The average Bonchev–Trinajstić information content (AvgIpc) is 2.89. The van der Waals surface area contributed by atoms with Crippen molar-refractivity contribution in [1.29, 1.82) is 0 Å². The second-order valence-electron chi connectivity index (χ2n) is 5.86. The standard InChI is InChI=1S/C18H17N3O/c22-16(18(11-6-12-18)13-7-2-1-3-8-13)21-17-19-14-9-4-5-10-15(14)20-17/h1-5,7-10H,6,11-12H2,(H2,19,20,21,22). The Kier molecular flexibility index (Phi) is 2.96. The first kappa shape index (κ1) is 13.1. The topological polar surface area (TPSA) is 57.8 Å². The Morgan fingerprint density at radius 2 is 1.77 bits per heavy atom. The van der Waals surface area contributed by atoms with Crippen molar-refractivity contribution in [1.82, 2.24) is 9.97 Å². The van der Waals surface area contributed by atoms with Crippen LogP contribution in [0.3, 0.4) is 0 Å². The number of anilines is 1. The minimum absolute atomic E-state index is 0.0315. The van der Waals surface area contributed by atoms with Gasteiger partial charge in [0.25, 0.3) is 0 Å². The Bertz CT molecular complexity index is 785. The molecule has 3 aromatic rings. The van der Waals surface area contributed by atoms with Gasteiger partial charge in [0, 0.05) is 0 Å².